The first kappa shape index (κ1) is 18.7. The molecule has 4 rings (SSSR count). The Morgan fingerprint density at radius 3 is 2.38 bits per heavy atom. The molecule has 4 heteroatoms. The monoisotopic (exact) mass is 364 g/mol. The maximum atomic E-state index is 11.1. The van der Waals surface area contributed by atoms with E-state index in [1.165, 1.54) is 12.8 Å². The molecule has 0 heterocycles. The molecule has 3 N–H and O–H groups in total. The number of hydrogen-bond acceptors (Lipinski definition) is 3. The summed E-state index contributed by atoms with van der Waals surface area (Å²) >= 11 is 0. The maximum absolute atomic E-state index is 11.1. The Morgan fingerprint density at radius 1 is 0.962 bits per heavy atom. The molecule has 4 aliphatic rings. The highest BCUT2D eigenvalue weighted by Crippen LogP contribution is 2.67. The van der Waals surface area contributed by atoms with Crippen molar-refractivity contribution in [3.05, 3.63) is 0 Å². The number of rotatable bonds is 3. The van der Waals surface area contributed by atoms with E-state index < -0.39 is 5.97 Å². The fraction of sp³-hybridized carbons (Fsp3) is 0.955. The van der Waals surface area contributed by atoms with E-state index >= 15 is 0 Å². The molecular weight excluding hydrogens is 328 g/mol. The van der Waals surface area contributed by atoms with Gasteiger partial charge in [0.15, 0.2) is 0 Å². The second-order valence-corrected chi connectivity index (χ2v) is 10.5. The highest BCUT2D eigenvalue weighted by molar-refractivity contribution is 5.66. The zero-order valence-electron chi connectivity index (χ0n) is 16.4. The predicted molar refractivity (Wildman–Crippen MR) is 99.5 cm³/mol. The molecule has 0 aromatic carbocycles. The van der Waals surface area contributed by atoms with Gasteiger partial charge >= 0.3 is 5.97 Å². The van der Waals surface area contributed by atoms with Gasteiger partial charge < -0.3 is 15.3 Å². The normalized spacial score (nSPS) is 53.5. The summed E-state index contributed by atoms with van der Waals surface area (Å²) in [6, 6.07) is 0. The quantitative estimate of drug-likeness (QED) is 0.711. The van der Waals surface area contributed by atoms with E-state index in [0.29, 0.717) is 29.6 Å². The van der Waals surface area contributed by atoms with Crippen LogP contribution >= 0.6 is 0 Å². The van der Waals surface area contributed by atoms with Gasteiger partial charge in [-0.2, -0.15) is 0 Å². The molecule has 4 fully saturated rings. The lowest BCUT2D eigenvalue weighted by molar-refractivity contribution is -0.173. The molecule has 0 spiro atoms. The van der Waals surface area contributed by atoms with Crippen LogP contribution in [0.15, 0.2) is 0 Å². The van der Waals surface area contributed by atoms with E-state index in [1.54, 1.807) is 0 Å². The summed E-state index contributed by atoms with van der Waals surface area (Å²) in [4.78, 5) is 11.1. The fourth-order valence-corrected chi connectivity index (χ4v) is 8.08. The molecule has 3 unspecified atom stereocenters. The first-order valence-corrected chi connectivity index (χ1v) is 10.8. The first-order valence-electron chi connectivity index (χ1n) is 10.8. The number of aliphatic hydroxyl groups is 2. The Kier molecular flexibility index (Phi) is 4.67. The lowest BCUT2D eigenvalue weighted by atomic mass is 9.44. The molecule has 4 saturated carbocycles. The molecule has 148 valence electrons. The molecule has 0 aromatic heterocycles. The number of aliphatic carboxylic acids is 1. The zero-order valence-corrected chi connectivity index (χ0v) is 16.4. The molecule has 0 amide bonds. The van der Waals surface area contributed by atoms with Crippen molar-refractivity contribution in [2.24, 2.45) is 40.4 Å². The lowest BCUT2D eigenvalue weighted by Gasteiger charge is -2.62. The Balaban J connectivity index is 1.57. The minimum atomic E-state index is -0.681. The molecule has 0 saturated heterocycles. The Hall–Kier alpha value is -0.610. The van der Waals surface area contributed by atoms with Crippen molar-refractivity contribution >= 4 is 5.97 Å². The second-order valence-electron chi connectivity index (χ2n) is 10.5. The molecule has 4 aliphatic carbocycles. The van der Waals surface area contributed by atoms with Gasteiger partial charge in [0.1, 0.15) is 0 Å². The zero-order chi connectivity index (χ0) is 18.7. The molecule has 0 aromatic rings. The van der Waals surface area contributed by atoms with Gasteiger partial charge in [0, 0.05) is 6.42 Å². The van der Waals surface area contributed by atoms with Gasteiger partial charge in [0.2, 0.25) is 0 Å². The van der Waals surface area contributed by atoms with Gasteiger partial charge in [-0.15, -0.1) is 0 Å². The van der Waals surface area contributed by atoms with Crippen LogP contribution in [0.25, 0.3) is 0 Å². The van der Waals surface area contributed by atoms with Gasteiger partial charge in [0.25, 0.3) is 0 Å². The number of aliphatic hydroxyl groups excluding tert-OH is 2. The van der Waals surface area contributed by atoms with Crippen molar-refractivity contribution in [3.63, 3.8) is 0 Å². The summed E-state index contributed by atoms with van der Waals surface area (Å²) in [5.74, 6) is 1.76. The lowest BCUT2D eigenvalue weighted by Crippen LogP contribution is -2.58. The van der Waals surface area contributed by atoms with Crippen LogP contribution in [0.4, 0.5) is 0 Å². The standard InChI is InChI=1S/C22H36O4/c1-21-10-8-17-20(16(21)5-3-13(21)4-6-19(25)26)18(24)12-14-11-15(23)7-9-22(14,17)2/h13-18,20,23-24H,3-12H2,1-2H3,(H,25,26)/t13-,14+,15?,16?,17?,18+,20+,21-,22+/m1/s1. The smallest absolute Gasteiger partial charge is 0.303 e. The van der Waals surface area contributed by atoms with Gasteiger partial charge in [0.05, 0.1) is 12.2 Å². The molecule has 0 radical (unpaired) electrons. The molecular formula is C22H36O4. The van der Waals surface area contributed by atoms with Crippen molar-refractivity contribution < 1.29 is 20.1 Å². The predicted octanol–water partition coefficient (Wildman–Crippen LogP) is 3.84. The average Bonchev–Trinajstić information content (AvgIpc) is 2.91. The van der Waals surface area contributed by atoms with Crippen LogP contribution in [0, 0.1) is 40.4 Å². The largest absolute Gasteiger partial charge is 0.481 e. The number of carbonyl (C=O) groups is 1. The molecule has 0 aliphatic heterocycles. The number of carboxylic acid groups (broad SMARTS) is 1. The van der Waals surface area contributed by atoms with Crippen molar-refractivity contribution in [3.8, 4) is 0 Å². The van der Waals surface area contributed by atoms with Crippen LogP contribution < -0.4 is 0 Å². The fourth-order valence-electron chi connectivity index (χ4n) is 8.08. The van der Waals surface area contributed by atoms with Crippen LogP contribution in [-0.2, 0) is 4.79 Å². The van der Waals surface area contributed by atoms with Gasteiger partial charge in [-0.3, -0.25) is 4.79 Å². The van der Waals surface area contributed by atoms with Crippen molar-refractivity contribution in [1.29, 1.82) is 0 Å². The van der Waals surface area contributed by atoms with Gasteiger partial charge in [-0.05, 0) is 98.2 Å². The summed E-state index contributed by atoms with van der Waals surface area (Å²) in [6.07, 6.45) is 9.00. The van der Waals surface area contributed by atoms with E-state index in [4.69, 9.17) is 5.11 Å². The number of carboxylic acids is 1. The number of hydrogen-bond donors (Lipinski definition) is 3. The summed E-state index contributed by atoms with van der Waals surface area (Å²) in [5, 5.41) is 30.4. The SMILES string of the molecule is C[C@]12CCC3[C@H](C1CC[C@@H]2CCC(=O)O)[C@@H](O)C[C@@H]1CC(O)CC[C@]31C. The van der Waals surface area contributed by atoms with Gasteiger partial charge in [-0.25, -0.2) is 0 Å². The summed E-state index contributed by atoms with van der Waals surface area (Å²) in [5.41, 5.74) is 0.471. The van der Waals surface area contributed by atoms with E-state index in [-0.39, 0.29) is 29.5 Å². The third kappa shape index (κ3) is 2.74. The topological polar surface area (TPSA) is 77.8 Å². The first-order chi connectivity index (χ1) is 12.3. The average molecular weight is 365 g/mol. The van der Waals surface area contributed by atoms with Crippen LogP contribution in [0.5, 0.6) is 0 Å². The van der Waals surface area contributed by atoms with E-state index in [9.17, 15) is 15.0 Å². The van der Waals surface area contributed by atoms with Crippen LogP contribution in [0.2, 0.25) is 0 Å². The minimum Gasteiger partial charge on any atom is -0.481 e. The number of fused-ring (bicyclic) bond motifs is 5. The highest BCUT2D eigenvalue weighted by Gasteiger charge is 2.62. The molecule has 9 atom stereocenters. The molecule has 0 bridgehead atoms. The van der Waals surface area contributed by atoms with Crippen molar-refractivity contribution in [2.75, 3.05) is 0 Å². The van der Waals surface area contributed by atoms with Crippen LogP contribution in [-0.4, -0.2) is 33.5 Å². The Morgan fingerprint density at radius 2 is 1.65 bits per heavy atom. The Bertz CT molecular complexity index is 562. The van der Waals surface area contributed by atoms with E-state index in [0.717, 1.165) is 44.9 Å². The summed E-state index contributed by atoms with van der Waals surface area (Å²) in [6.45, 7) is 4.83. The van der Waals surface area contributed by atoms with Crippen LogP contribution in [0.1, 0.15) is 78.1 Å². The second kappa shape index (κ2) is 6.48. The van der Waals surface area contributed by atoms with Crippen molar-refractivity contribution in [2.45, 2.75) is 90.3 Å². The van der Waals surface area contributed by atoms with Crippen molar-refractivity contribution in [1.82, 2.24) is 0 Å². The van der Waals surface area contributed by atoms with Gasteiger partial charge in [-0.1, -0.05) is 13.8 Å². The third-order valence-electron chi connectivity index (χ3n) is 9.56. The summed E-state index contributed by atoms with van der Waals surface area (Å²) < 4.78 is 0. The molecule has 26 heavy (non-hydrogen) atoms. The highest BCUT2D eigenvalue weighted by atomic mass is 16.4. The van der Waals surface area contributed by atoms with E-state index in [2.05, 4.69) is 13.8 Å². The summed E-state index contributed by atoms with van der Waals surface area (Å²) in [7, 11) is 0. The van der Waals surface area contributed by atoms with Crippen LogP contribution in [0.3, 0.4) is 0 Å². The molecule has 4 nitrogen and oxygen atoms in total. The van der Waals surface area contributed by atoms with E-state index in [1.807, 2.05) is 0 Å². The third-order valence-corrected chi connectivity index (χ3v) is 9.56. The maximum Gasteiger partial charge on any atom is 0.303 e. The Labute approximate surface area is 157 Å². The minimum absolute atomic E-state index is 0.183.